The first-order valence-corrected chi connectivity index (χ1v) is 7.27. The molecule has 0 aliphatic heterocycles. The Hall–Kier alpha value is -1.95. The lowest BCUT2D eigenvalue weighted by Gasteiger charge is -2.12. The molecule has 0 aliphatic rings. The van der Waals surface area contributed by atoms with Crippen LogP contribution in [-0.2, 0) is 7.05 Å². The van der Waals surface area contributed by atoms with Crippen LogP contribution in [-0.4, -0.2) is 27.6 Å². The van der Waals surface area contributed by atoms with Gasteiger partial charge < -0.3 is 5.32 Å². The van der Waals surface area contributed by atoms with Crippen LogP contribution in [0.3, 0.4) is 0 Å². The number of urea groups is 1. The molecule has 0 saturated heterocycles. The first-order valence-electron chi connectivity index (χ1n) is 6.39. The molecule has 0 saturated carbocycles. The highest BCUT2D eigenvalue weighted by molar-refractivity contribution is 8.00. The quantitative estimate of drug-likeness (QED) is 0.832. The maximum atomic E-state index is 11.7. The van der Waals surface area contributed by atoms with Crippen molar-refractivity contribution in [2.24, 2.45) is 7.05 Å². The number of hydrogen-bond acceptors (Lipinski definition) is 3. The third-order valence-corrected chi connectivity index (χ3v) is 3.70. The number of carbonyl (C=O) groups excluding carboxylic acids is 1. The van der Waals surface area contributed by atoms with Crippen LogP contribution < -0.4 is 10.6 Å². The third-order valence-electron chi connectivity index (χ3n) is 2.59. The monoisotopic (exact) mass is 290 g/mol. The molecular weight excluding hydrogens is 272 g/mol. The molecule has 0 aliphatic carbocycles. The van der Waals surface area contributed by atoms with Gasteiger partial charge >= 0.3 is 6.03 Å². The summed E-state index contributed by atoms with van der Waals surface area (Å²) in [6.45, 7) is 2.68. The van der Waals surface area contributed by atoms with E-state index < -0.39 is 0 Å². The fourth-order valence-electron chi connectivity index (χ4n) is 1.65. The van der Waals surface area contributed by atoms with Crippen LogP contribution in [0.4, 0.5) is 10.6 Å². The van der Waals surface area contributed by atoms with Crippen molar-refractivity contribution in [1.29, 1.82) is 0 Å². The summed E-state index contributed by atoms with van der Waals surface area (Å²) in [6, 6.07) is 11.7. The molecule has 6 heteroatoms. The van der Waals surface area contributed by atoms with E-state index in [1.807, 2.05) is 25.2 Å². The van der Waals surface area contributed by atoms with Gasteiger partial charge in [0.1, 0.15) is 0 Å². The Bertz CT molecular complexity index is 555. The maximum Gasteiger partial charge on any atom is 0.320 e. The van der Waals surface area contributed by atoms with Gasteiger partial charge in [-0.15, -0.1) is 11.8 Å². The minimum Gasteiger partial charge on any atom is -0.337 e. The van der Waals surface area contributed by atoms with Crippen molar-refractivity contribution in [3.8, 4) is 0 Å². The van der Waals surface area contributed by atoms with E-state index in [0.29, 0.717) is 17.6 Å². The first-order chi connectivity index (χ1) is 9.63. The summed E-state index contributed by atoms with van der Waals surface area (Å²) >= 11 is 1.73. The van der Waals surface area contributed by atoms with Gasteiger partial charge in [-0.3, -0.25) is 10.00 Å². The molecule has 2 aromatic rings. The number of anilines is 1. The second kappa shape index (κ2) is 7.00. The number of amides is 2. The van der Waals surface area contributed by atoms with Crippen molar-refractivity contribution < 1.29 is 4.79 Å². The number of carbonyl (C=O) groups is 1. The van der Waals surface area contributed by atoms with Crippen LogP contribution in [0.25, 0.3) is 0 Å². The van der Waals surface area contributed by atoms with E-state index in [4.69, 9.17) is 0 Å². The summed E-state index contributed by atoms with van der Waals surface area (Å²) in [7, 11) is 1.81. The number of benzene rings is 1. The standard InChI is InChI=1S/C14H18N4OS/c1-11(20-12-6-4-3-5-7-12)10-15-14(19)16-13-8-9-18(2)17-13/h3-9,11H,10H2,1-2H3,(H2,15,16,17,19). The van der Waals surface area contributed by atoms with Crippen LogP contribution in [0, 0.1) is 0 Å². The van der Waals surface area contributed by atoms with Gasteiger partial charge in [-0.2, -0.15) is 5.10 Å². The predicted molar refractivity (Wildman–Crippen MR) is 82.0 cm³/mol. The molecule has 0 radical (unpaired) electrons. The zero-order chi connectivity index (χ0) is 14.4. The highest BCUT2D eigenvalue weighted by Gasteiger charge is 2.08. The molecular formula is C14H18N4OS. The minimum atomic E-state index is -0.232. The summed E-state index contributed by atoms with van der Waals surface area (Å²) in [6.07, 6.45) is 1.78. The Morgan fingerprint density at radius 1 is 1.35 bits per heavy atom. The molecule has 2 N–H and O–H groups in total. The van der Waals surface area contributed by atoms with Crippen LogP contribution in [0.15, 0.2) is 47.5 Å². The second-order valence-corrected chi connectivity index (χ2v) is 5.96. The van der Waals surface area contributed by atoms with Gasteiger partial charge in [-0.1, -0.05) is 25.1 Å². The molecule has 1 aromatic carbocycles. The van der Waals surface area contributed by atoms with E-state index in [0.717, 1.165) is 0 Å². The molecule has 1 aromatic heterocycles. The summed E-state index contributed by atoms with van der Waals surface area (Å²) in [5, 5.41) is 9.91. The van der Waals surface area contributed by atoms with Gasteiger partial charge in [-0.25, -0.2) is 4.79 Å². The van der Waals surface area contributed by atoms with E-state index in [-0.39, 0.29) is 6.03 Å². The van der Waals surface area contributed by atoms with Gasteiger partial charge in [0.05, 0.1) is 0 Å². The summed E-state index contributed by atoms with van der Waals surface area (Å²) in [4.78, 5) is 12.9. The number of rotatable bonds is 5. The molecule has 2 rings (SSSR count). The number of nitrogens with zero attached hydrogens (tertiary/aromatic N) is 2. The highest BCUT2D eigenvalue weighted by atomic mass is 32.2. The fraction of sp³-hybridized carbons (Fsp3) is 0.286. The maximum absolute atomic E-state index is 11.7. The van der Waals surface area contributed by atoms with Gasteiger partial charge in [-0.05, 0) is 12.1 Å². The molecule has 5 nitrogen and oxygen atoms in total. The van der Waals surface area contributed by atoms with E-state index >= 15 is 0 Å². The van der Waals surface area contributed by atoms with E-state index in [1.54, 1.807) is 28.7 Å². The van der Waals surface area contributed by atoms with E-state index in [1.165, 1.54) is 4.90 Å². The molecule has 0 spiro atoms. The van der Waals surface area contributed by atoms with Gasteiger partial charge in [0, 0.05) is 36.0 Å². The summed E-state index contributed by atoms with van der Waals surface area (Å²) in [5.74, 6) is 0.549. The fourth-order valence-corrected chi connectivity index (χ4v) is 2.60. The Labute approximate surface area is 122 Å². The number of thioether (sulfide) groups is 1. The van der Waals surface area contributed by atoms with Gasteiger partial charge in [0.2, 0.25) is 0 Å². The van der Waals surface area contributed by atoms with Crippen molar-refractivity contribution in [2.75, 3.05) is 11.9 Å². The second-order valence-electron chi connectivity index (χ2n) is 4.45. The average Bonchev–Trinajstić information content (AvgIpc) is 2.83. The average molecular weight is 290 g/mol. The lowest BCUT2D eigenvalue weighted by atomic mass is 10.4. The predicted octanol–water partition coefficient (Wildman–Crippen LogP) is 2.72. The van der Waals surface area contributed by atoms with Crippen molar-refractivity contribution in [1.82, 2.24) is 15.1 Å². The SMILES string of the molecule is CC(CNC(=O)Nc1ccn(C)n1)Sc1ccccc1. The van der Waals surface area contributed by atoms with Crippen molar-refractivity contribution in [3.63, 3.8) is 0 Å². The van der Waals surface area contributed by atoms with Crippen LogP contribution in [0.1, 0.15) is 6.92 Å². The van der Waals surface area contributed by atoms with Gasteiger partial charge in [0.15, 0.2) is 5.82 Å². The number of aromatic nitrogens is 2. The Balaban J connectivity index is 1.73. The number of nitrogens with one attached hydrogen (secondary N) is 2. The molecule has 106 valence electrons. The lowest BCUT2D eigenvalue weighted by molar-refractivity contribution is 0.252. The van der Waals surface area contributed by atoms with Crippen LogP contribution in [0.5, 0.6) is 0 Å². The number of aryl methyl sites for hydroxylation is 1. The van der Waals surface area contributed by atoms with Gasteiger partial charge in [0.25, 0.3) is 0 Å². The van der Waals surface area contributed by atoms with E-state index in [2.05, 4.69) is 34.8 Å². The van der Waals surface area contributed by atoms with E-state index in [9.17, 15) is 4.79 Å². The lowest BCUT2D eigenvalue weighted by Crippen LogP contribution is -2.33. The molecule has 20 heavy (non-hydrogen) atoms. The molecule has 1 unspecified atom stereocenters. The summed E-state index contributed by atoms with van der Waals surface area (Å²) in [5.41, 5.74) is 0. The normalized spacial score (nSPS) is 11.9. The van der Waals surface area contributed by atoms with Crippen molar-refractivity contribution in [3.05, 3.63) is 42.6 Å². The first kappa shape index (κ1) is 14.5. The Morgan fingerprint density at radius 2 is 2.10 bits per heavy atom. The minimum absolute atomic E-state index is 0.232. The smallest absolute Gasteiger partial charge is 0.320 e. The molecule has 2 amide bonds. The molecule has 1 heterocycles. The summed E-state index contributed by atoms with van der Waals surface area (Å²) < 4.78 is 1.64. The van der Waals surface area contributed by atoms with Crippen molar-refractivity contribution in [2.45, 2.75) is 17.1 Å². The van der Waals surface area contributed by atoms with Crippen LogP contribution >= 0.6 is 11.8 Å². The topological polar surface area (TPSA) is 59.0 Å². The molecule has 0 bridgehead atoms. The zero-order valence-electron chi connectivity index (χ0n) is 11.5. The molecule has 1 atom stereocenters. The van der Waals surface area contributed by atoms with Crippen molar-refractivity contribution >= 4 is 23.6 Å². The Morgan fingerprint density at radius 3 is 2.75 bits per heavy atom. The Kier molecular flexibility index (Phi) is 5.06. The van der Waals surface area contributed by atoms with Crippen LogP contribution in [0.2, 0.25) is 0 Å². The third kappa shape index (κ3) is 4.62. The molecule has 0 fully saturated rings. The number of hydrogen-bond donors (Lipinski definition) is 2. The largest absolute Gasteiger partial charge is 0.337 e. The highest BCUT2D eigenvalue weighted by Crippen LogP contribution is 2.21. The zero-order valence-corrected chi connectivity index (χ0v) is 12.4.